The van der Waals surface area contributed by atoms with Gasteiger partial charge in [-0.1, -0.05) is 135 Å². The third-order valence-electron chi connectivity index (χ3n) is 16.7. The highest BCUT2D eigenvalue weighted by Crippen LogP contribution is 2.68. The minimum Gasteiger partial charge on any atom is -0.399 e. The molecule has 83 heavy (non-hydrogen) atoms. The Kier molecular flexibility index (Phi) is 13.2. The molecule has 0 bridgehead atoms. The van der Waals surface area contributed by atoms with E-state index >= 15 is 9.13 Å². The minimum atomic E-state index is -3.23. The standard InChI is InChI=1S/C34H22N3OP.C24H14Br2NOP.C11H16BNO2/c38-39-33-11-3-1-9-27(33)29-19-23(25-7-5-17-35-21-25)13-15-31(29)37(39)32-16-14-24(26-8-6-18-36-22-26)20-30(32)28-10-2-4-12-34(28)39;25-15-9-11-21-19(13-15)17-5-1-3-7-23(17)29(28)24-8-4-2-6-18(24)20-14-16(26)10-12-22(20)27(21)29;1-10(2)11(3,4)15-12(14-10)9-6-5-7-13-8-9/h1-22H;1-14H;5-8H,1-4H3. The molecule has 0 atom stereocenters. The molecule has 16 rings (SSSR count). The van der Waals surface area contributed by atoms with E-state index in [0.29, 0.717) is 0 Å². The molecule has 5 aliphatic heterocycles. The van der Waals surface area contributed by atoms with Crippen LogP contribution >= 0.6 is 46.4 Å². The summed E-state index contributed by atoms with van der Waals surface area (Å²) in [7, 11) is -6.62. The maximum atomic E-state index is 15.6. The largest absolute Gasteiger partial charge is 0.496 e. The monoisotopic (exact) mass is 1250 g/mol. The van der Waals surface area contributed by atoms with Gasteiger partial charge in [0.05, 0.1) is 34.0 Å². The summed E-state index contributed by atoms with van der Waals surface area (Å²) in [4.78, 5) is 12.7. The summed E-state index contributed by atoms with van der Waals surface area (Å²) in [6.45, 7) is 8.18. The van der Waals surface area contributed by atoms with Crippen molar-refractivity contribution in [2.45, 2.75) is 38.9 Å². The van der Waals surface area contributed by atoms with Crippen LogP contribution in [0.1, 0.15) is 27.7 Å². The van der Waals surface area contributed by atoms with E-state index < -0.39 is 14.6 Å². The van der Waals surface area contributed by atoms with Gasteiger partial charge in [0.1, 0.15) is 0 Å². The molecule has 14 heteroatoms. The quantitative estimate of drug-likeness (QED) is 0.127. The van der Waals surface area contributed by atoms with Crippen LogP contribution in [0.3, 0.4) is 0 Å². The van der Waals surface area contributed by atoms with Gasteiger partial charge in [-0.15, -0.1) is 0 Å². The van der Waals surface area contributed by atoms with E-state index in [1.807, 2.05) is 149 Å². The Morgan fingerprint density at radius 3 is 1.06 bits per heavy atom. The summed E-state index contributed by atoms with van der Waals surface area (Å²) in [6.07, 6.45) is 10.9. The summed E-state index contributed by atoms with van der Waals surface area (Å²) < 4.78 is 48.7. The van der Waals surface area contributed by atoms with Crippen LogP contribution in [0.15, 0.2) is 252 Å². The molecule has 0 amide bonds. The van der Waals surface area contributed by atoms with Gasteiger partial charge in [-0.3, -0.25) is 33.4 Å². The Morgan fingerprint density at radius 1 is 0.373 bits per heavy atom. The lowest BCUT2D eigenvalue weighted by atomic mass is 9.80. The first-order valence-electron chi connectivity index (χ1n) is 27.4. The van der Waals surface area contributed by atoms with E-state index in [0.717, 1.165) is 125 Å². The van der Waals surface area contributed by atoms with Crippen LogP contribution in [0.4, 0.5) is 22.7 Å². The molecule has 0 spiro atoms. The number of fused-ring (bicyclic) bond motifs is 22. The maximum absolute atomic E-state index is 15.6. The number of aromatic nitrogens is 3. The Labute approximate surface area is 500 Å². The third-order valence-corrected chi connectivity index (χ3v) is 23.8. The number of anilines is 4. The zero-order valence-corrected chi connectivity index (χ0v) is 50.7. The van der Waals surface area contributed by atoms with E-state index in [9.17, 15) is 0 Å². The number of halogens is 2. The van der Waals surface area contributed by atoms with Gasteiger partial charge >= 0.3 is 7.12 Å². The number of benzene rings is 8. The van der Waals surface area contributed by atoms with E-state index in [2.05, 4.69) is 153 Å². The number of hydrogen-bond donors (Lipinski definition) is 0. The molecule has 8 aromatic carbocycles. The Hall–Kier alpha value is -7.79. The van der Waals surface area contributed by atoms with Crippen molar-refractivity contribution in [3.05, 3.63) is 252 Å². The molecule has 5 aliphatic rings. The van der Waals surface area contributed by atoms with Crippen molar-refractivity contribution in [1.82, 2.24) is 15.0 Å². The topological polar surface area (TPSA) is 97.7 Å². The fourth-order valence-corrected chi connectivity index (χ4v) is 19.3. The van der Waals surface area contributed by atoms with Gasteiger partial charge in [-0.2, -0.15) is 0 Å². The molecule has 8 heterocycles. The number of nitrogens with zero attached hydrogens (tertiary/aromatic N) is 5. The maximum Gasteiger partial charge on any atom is 0.496 e. The molecule has 9 nitrogen and oxygen atoms in total. The second kappa shape index (κ2) is 20.5. The second-order valence-corrected chi connectivity index (χ2v) is 28.9. The van der Waals surface area contributed by atoms with Crippen molar-refractivity contribution < 1.29 is 18.4 Å². The predicted octanol–water partition coefficient (Wildman–Crippen LogP) is 16.5. The minimum absolute atomic E-state index is 0.284. The molecule has 0 unspecified atom stereocenters. The van der Waals surface area contributed by atoms with Gasteiger partial charge in [0, 0.05) is 106 Å². The SMILES string of the molecule is CC1(C)OB(c2cccnc2)OC1(C)C.O=P12c3ccccc3-c3cc(-c4cccnc4)ccc3N1c1ccc(-c3cccnc3)cc1-c1ccccc12.O=P12c3ccccc3-c3cc(Br)ccc3N1c1ccc(Br)cc1-c1ccccc12. The molecule has 11 aromatic rings. The van der Waals surface area contributed by atoms with Crippen LogP contribution in [-0.2, 0) is 18.4 Å². The molecule has 3 aromatic heterocycles. The molecule has 404 valence electrons. The van der Waals surface area contributed by atoms with Crippen LogP contribution in [0.2, 0.25) is 0 Å². The summed E-state index contributed by atoms with van der Waals surface area (Å²) in [5, 5.41) is 3.53. The molecule has 0 aliphatic carbocycles. The predicted molar refractivity (Wildman–Crippen MR) is 347 cm³/mol. The van der Waals surface area contributed by atoms with Gasteiger partial charge < -0.3 is 9.31 Å². The lowest BCUT2D eigenvalue weighted by Crippen LogP contribution is -2.41. The van der Waals surface area contributed by atoms with Crippen molar-refractivity contribution in [2.24, 2.45) is 0 Å². The Balaban J connectivity index is 0.000000122. The van der Waals surface area contributed by atoms with Gasteiger partial charge in [0.15, 0.2) is 0 Å². The van der Waals surface area contributed by atoms with Gasteiger partial charge in [0.2, 0.25) is 14.6 Å². The van der Waals surface area contributed by atoms with E-state index in [1.54, 1.807) is 24.8 Å². The number of rotatable bonds is 3. The molecule has 0 saturated carbocycles. The smallest absolute Gasteiger partial charge is 0.399 e. The van der Waals surface area contributed by atoms with E-state index in [4.69, 9.17) is 9.31 Å². The molecular formula is C69H52BBr2N5O4P2. The van der Waals surface area contributed by atoms with Crippen molar-refractivity contribution in [3.8, 4) is 66.8 Å². The average Bonchev–Trinajstić information content (AvgIpc) is 1.65. The van der Waals surface area contributed by atoms with Gasteiger partial charge in [-0.25, -0.2) is 0 Å². The fraction of sp³-hybridized carbons (Fsp3) is 0.0870. The summed E-state index contributed by atoms with van der Waals surface area (Å²) in [6, 6.07) is 69.8. The molecular weight excluding hydrogens is 1200 g/mol. The molecule has 1 fully saturated rings. The summed E-state index contributed by atoms with van der Waals surface area (Å²) in [5.74, 6) is 0. The van der Waals surface area contributed by atoms with Crippen molar-refractivity contribution in [3.63, 3.8) is 0 Å². The first kappa shape index (κ1) is 53.2. The summed E-state index contributed by atoms with van der Waals surface area (Å²) >= 11 is 7.23. The highest BCUT2D eigenvalue weighted by atomic mass is 79.9. The van der Waals surface area contributed by atoms with Crippen molar-refractivity contribution >= 4 is 103 Å². The van der Waals surface area contributed by atoms with Crippen LogP contribution < -0.4 is 36.0 Å². The van der Waals surface area contributed by atoms with E-state index in [1.165, 1.54) is 0 Å². The van der Waals surface area contributed by atoms with Gasteiger partial charge in [0.25, 0.3) is 0 Å². The lowest BCUT2D eigenvalue weighted by molar-refractivity contribution is 0.00578. The zero-order chi connectivity index (χ0) is 56.8. The Bertz CT molecular complexity index is 4240. The molecule has 0 radical (unpaired) electrons. The average molecular weight is 1250 g/mol. The lowest BCUT2D eigenvalue weighted by Gasteiger charge is -2.44. The van der Waals surface area contributed by atoms with Crippen LogP contribution in [0.25, 0.3) is 66.8 Å². The van der Waals surface area contributed by atoms with Crippen LogP contribution in [-0.4, -0.2) is 33.3 Å². The second-order valence-electron chi connectivity index (χ2n) is 22.0. The fourth-order valence-electron chi connectivity index (χ4n) is 12.0. The van der Waals surface area contributed by atoms with Crippen LogP contribution in [0.5, 0.6) is 0 Å². The first-order chi connectivity index (χ1) is 40.2. The molecule has 0 N–H and O–H groups in total. The zero-order valence-electron chi connectivity index (χ0n) is 45.7. The normalized spacial score (nSPS) is 15.9. The first-order valence-corrected chi connectivity index (χ1v) is 32.3. The van der Waals surface area contributed by atoms with Crippen molar-refractivity contribution in [2.75, 3.05) is 9.34 Å². The number of pyridine rings is 3. The van der Waals surface area contributed by atoms with Crippen LogP contribution in [0, 0.1) is 0 Å². The van der Waals surface area contributed by atoms with Crippen molar-refractivity contribution in [1.29, 1.82) is 0 Å². The highest BCUT2D eigenvalue weighted by molar-refractivity contribution is 9.10. The third kappa shape index (κ3) is 8.68. The highest BCUT2D eigenvalue weighted by Gasteiger charge is 2.52. The van der Waals surface area contributed by atoms with E-state index in [-0.39, 0.29) is 18.3 Å². The van der Waals surface area contributed by atoms with Gasteiger partial charge in [-0.05, 0) is 164 Å². The Morgan fingerprint density at radius 2 is 0.711 bits per heavy atom. The molecule has 1 saturated heterocycles. The number of hydrogen-bond acceptors (Lipinski definition) is 7. The summed E-state index contributed by atoms with van der Waals surface area (Å²) in [5.41, 5.74) is 17.0.